The van der Waals surface area contributed by atoms with Crippen LogP contribution in [0.2, 0.25) is 0 Å². The van der Waals surface area contributed by atoms with E-state index in [0.29, 0.717) is 37.7 Å². The normalized spacial score (nSPS) is 22.6. The van der Waals surface area contributed by atoms with Crippen molar-refractivity contribution in [1.29, 1.82) is 0 Å². The van der Waals surface area contributed by atoms with Crippen molar-refractivity contribution in [2.75, 3.05) is 0 Å². The van der Waals surface area contributed by atoms with Gasteiger partial charge < -0.3 is 29.5 Å². The molecule has 0 spiro atoms. The first kappa shape index (κ1) is 39.7. The van der Waals surface area contributed by atoms with Gasteiger partial charge in [-0.15, -0.1) is 0 Å². The number of esters is 2. The monoisotopic (exact) mass is 638 g/mol. The summed E-state index contributed by atoms with van der Waals surface area (Å²) in [6.07, 6.45) is 22.2. The third kappa shape index (κ3) is 17.9. The maximum absolute atomic E-state index is 11.9. The molecule has 0 unspecified atom stereocenters. The molecule has 0 saturated carbocycles. The Balaban J connectivity index is 1.49. The summed E-state index contributed by atoms with van der Waals surface area (Å²) in [5.41, 5.74) is 0.583. The second kappa shape index (κ2) is 23.8. The first-order valence-electron chi connectivity index (χ1n) is 18.5. The van der Waals surface area contributed by atoms with Gasteiger partial charge in [0.2, 0.25) is 0 Å². The van der Waals surface area contributed by atoms with E-state index in [1.54, 1.807) is 6.08 Å². The van der Waals surface area contributed by atoms with Crippen molar-refractivity contribution in [3.05, 3.63) is 11.6 Å². The molecule has 3 N–H and O–H groups in total. The van der Waals surface area contributed by atoms with Crippen LogP contribution >= 0.6 is 0 Å². The maximum atomic E-state index is 11.9. The molecule has 2 rings (SSSR count). The van der Waals surface area contributed by atoms with Crippen LogP contribution in [-0.4, -0.2) is 70.0 Å². The van der Waals surface area contributed by atoms with E-state index in [-0.39, 0.29) is 36.4 Å². The van der Waals surface area contributed by atoms with Crippen LogP contribution in [0, 0.1) is 0 Å². The number of ether oxygens (including phenoxy) is 3. The quantitative estimate of drug-likeness (QED) is 0.0620. The Bertz CT molecular complexity index is 829. The summed E-state index contributed by atoms with van der Waals surface area (Å²) in [5, 5.41) is 31.5. The van der Waals surface area contributed by atoms with Crippen molar-refractivity contribution in [2.45, 2.75) is 211 Å². The number of carbonyl (C=O) groups is 2. The van der Waals surface area contributed by atoms with Gasteiger partial charge in [-0.05, 0) is 64.4 Å². The molecule has 0 aromatic heterocycles. The molecule has 262 valence electrons. The molecule has 0 aromatic carbocycles. The van der Waals surface area contributed by atoms with Gasteiger partial charge in [0.15, 0.2) is 0 Å². The Labute approximate surface area is 273 Å². The van der Waals surface area contributed by atoms with E-state index >= 15 is 0 Å². The summed E-state index contributed by atoms with van der Waals surface area (Å²) in [6.45, 7) is 5.46. The van der Waals surface area contributed by atoms with E-state index in [4.69, 9.17) is 14.2 Å². The highest BCUT2D eigenvalue weighted by molar-refractivity contribution is 5.90. The van der Waals surface area contributed by atoms with Crippen LogP contribution in [0.5, 0.6) is 0 Å². The molecular weight excluding hydrogens is 572 g/mol. The third-order valence-corrected chi connectivity index (χ3v) is 9.45. The molecule has 2 aliphatic heterocycles. The second-order valence-electron chi connectivity index (χ2n) is 13.7. The summed E-state index contributed by atoms with van der Waals surface area (Å²) in [4.78, 5) is 23.5. The highest BCUT2D eigenvalue weighted by Gasteiger charge is 2.31. The standard InChI is InChI=1S/C37H66O8/c1-4-5-6-7-8-9-10-11-12-13-14-18-21-33(39)34(40)23-24-35(41)36-25-22-31(45-36)19-16-15-17-20-32(44-29(3)38)27-30-26-28(2)43-37(30)42/h26,28,31-36,39-41H,4-25,27H2,1-3H3/t28-,31+,32+,33+,34+,35-,36-/m0/s1. The third-order valence-electron chi connectivity index (χ3n) is 9.45. The van der Waals surface area contributed by atoms with Gasteiger partial charge in [-0.3, -0.25) is 4.79 Å². The molecule has 0 radical (unpaired) electrons. The Morgan fingerprint density at radius 3 is 2.00 bits per heavy atom. The number of aliphatic hydroxyl groups excluding tert-OH is 3. The number of cyclic esters (lactones) is 1. The molecule has 8 nitrogen and oxygen atoms in total. The Hall–Kier alpha value is -1.48. The summed E-state index contributed by atoms with van der Waals surface area (Å²) in [5.74, 6) is -0.666. The minimum Gasteiger partial charge on any atom is -0.462 e. The van der Waals surface area contributed by atoms with Crippen LogP contribution in [0.1, 0.15) is 168 Å². The van der Waals surface area contributed by atoms with E-state index in [0.717, 1.165) is 51.4 Å². The summed E-state index contributed by atoms with van der Waals surface area (Å²) in [7, 11) is 0. The highest BCUT2D eigenvalue weighted by atomic mass is 16.6. The Morgan fingerprint density at radius 1 is 0.822 bits per heavy atom. The van der Waals surface area contributed by atoms with Crippen molar-refractivity contribution in [1.82, 2.24) is 0 Å². The molecule has 2 heterocycles. The van der Waals surface area contributed by atoms with Crippen molar-refractivity contribution in [2.24, 2.45) is 0 Å². The van der Waals surface area contributed by atoms with Gasteiger partial charge >= 0.3 is 11.9 Å². The highest BCUT2D eigenvalue weighted by Crippen LogP contribution is 2.29. The van der Waals surface area contributed by atoms with Gasteiger partial charge in [0.05, 0.1) is 30.5 Å². The van der Waals surface area contributed by atoms with Gasteiger partial charge in [-0.2, -0.15) is 0 Å². The smallest absolute Gasteiger partial charge is 0.334 e. The fraction of sp³-hybridized carbons (Fsp3) is 0.892. The molecule has 0 aliphatic carbocycles. The second-order valence-corrected chi connectivity index (χ2v) is 13.7. The summed E-state index contributed by atoms with van der Waals surface area (Å²) >= 11 is 0. The van der Waals surface area contributed by atoms with Crippen LogP contribution in [-0.2, 0) is 23.8 Å². The number of rotatable bonds is 27. The zero-order chi connectivity index (χ0) is 32.9. The molecule has 1 fully saturated rings. The molecule has 0 aromatic rings. The molecule has 7 atom stereocenters. The Morgan fingerprint density at radius 2 is 1.40 bits per heavy atom. The SMILES string of the molecule is CCCCCCCCCCCCCC[C@@H](O)[C@H](O)CC[C@H](O)[C@@H]1CC[C@@H](CCCCC[C@H](CC2=C[C@H](C)OC2=O)OC(C)=O)O1. The predicted octanol–water partition coefficient (Wildman–Crippen LogP) is 7.63. The van der Waals surface area contributed by atoms with Crippen molar-refractivity contribution < 1.29 is 39.1 Å². The number of aliphatic hydroxyl groups is 3. The number of unbranched alkanes of at least 4 members (excludes halogenated alkanes) is 13. The molecule has 0 amide bonds. The zero-order valence-electron chi connectivity index (χ0n) is 28.8. The first-order chi connectivity index (χ1) is 21.7. The van der Waals surface area contributed by atoms with Gasteiger partial charge in [0.1, 0.15) is 12.2 Å². The van der Waals surface area contributed by atoms with E-state index in [1.807, 2.05) is 6.92 Å². The van der Waals surface area contributed by atoms with Gasteiger partial charge in [-0.1, -0.05) is 96.8 Å². The fourth-order valence-corrected chi connectivity index (χ4v) is 6.72. The van der Waals surface area contributed by atoms with Gasteiger partial charge in [-0.25, -0.2) is 4.79 Å². The van der Waals surface area contributed by atoms with Crippen molar-refractivity contribution >= 4 is 11.9 Å². The van der Waals surface area contributed by atoms with Gasteiger partial charge in [0, 0.05) is 18.9 Å². The average Bonchev–Trinajstić information content (AvgIpc) is 3.60. The topological polar surface area (TPSA) is 123 Å². The Kier molecular flexibility index (Phi) is 21.0. The number of carbonyl (C=O) groups excluding carboxylic acids is 2. The lowest BCUT2D eigenvalue weighted by atomic mass is 9.97. The predicted molar refractivity (Wildman–Crippen MR) is 178 cm³/mol. The first-order valence-corrected chi connectivity index (χ1v) is 18.5. The van der Waals surface area contributed by atoms with E-state index in [9.17, 15) is 24.9 Å². The fourth-order valence-electron chi connectivity index (χ4n) is 6.72. The molecular formula is C37H66O8. The summed E-state index contributed by atoms with van der Waals surface area (Å²) < 4.78 is 16.7. The maximum Gasteiger partial charge on any atom is 0.334 e. The lowest BCUT2D eigenvalue weighted by Gasteiger charge is -2.22. The van der Waals surface area contributed by atoms with Crippen LogP contribution in [0.4, 0.5) is 0 Å². The summed E-state index contributed by atoms with van der Waals surface area (Å²) in [6, 6.07) is 0. The number of hydrogen-bond donors (Lipinski definition) is 3. The molecule has 45 heavy (non-hydrogen) atoms. The zero-order valence-corrected chi connectivity index (χ0v) is 28.8. The van der Waals surface area contributed by atoms with Crippen LogP contribution in [0.3, 0.4) is 0 Å². The van der Waals surface area contributed by atoms with Crippen LogP contribution in [0.25, 0.3) is 0 Å². The largest absolute Gasteiger partial charge is 0.462 e. The average molecular weight is 639 g/mol. The molecule has 0 bridgehead atoms. The molecule has 8 heteroatoms. The van der Waals surface area contributed by atoms with E-state index < -0.39 is 18.3 Å². The van der Waals surface area contributed by atoms with Crippen LogP contribution < -0.4 is 0 Å². The lowest BCUT2D eigenvalue weighted by molar-refractivity contribution is -0.148. The number of hydrogen-bond acceptors (Lipinski definition) is 8. The minimum atomic E-state index is -0.806. The van der Waals surface area contributed by atoms with Crippen LogP contribution in [0.15, 0.2) is 11.6 Å². The molecule has 2 aliphatic rings. The lowest BCUT2D eigenvalue weighted by Crippen LogP contribution is -2.31. The molecule has 1 saturated heterocycles. The van der Waals surface area contributed by atoms with E-state index in [2.05, 4.69) is 6.92 Å². The van der Waals surface area contributed by atoms with Crippen molar-refractivity contribution in [3.63, 3.8) is 0 Å². The van der Waals surface area contributed by atoms with Gasteiger partial charge in [0.25, 0.3) is 0 Å². The van der Waals surface area contributed by atoms with Crippen molar-refractivity contribution in [3.8, 4) is 0 Å². The minimum absolute atomic E-state index is 0.120. The van der Waals surface area contributed by atoms with E-state index in [1.165, 1.54) is 71.1 Å².